The van der Waals surface area contributed by atoms with Crippen molar-refractivity contribution in [1.29, 1.82) is 5.26 Å². The molecule has 1 rings (SSSR count). The second-order valence-electron chi connectivity index (χ2n) is 5.70. The highest BCUT2D eigenvalue weighted by molar-refractivity contribution is 5.84. The lowest BCUT2D eigenvalue weighted by Crippen LogP contribution is -2.44. The van der Waals surface area contributed by atoms with E-state index in [9.17, 15) is 4.79 Å². The Kier molecular flexibility index (Phi) is 4.33. The van der Waals surface area contributed by atoms with Crippen LogP contribution in [0.5, 0.6) is 0 Å². The van der Waals surface area contributed by atoms with Crippen LogP contribution in [-0.4, -0.2) is 18.1 Å². The van der Waals surface area contributed by atoms with Gasteiger partial charge in [0.15, 0.2) is 0 Å². The van der Waals surface area contributed by atoms with E-state index in [2.05, 4.69) is 6.07 Å². The van der Waals surface area contributed by atoms with Gasteiger partial charge < -0.3 is 10.5 Å². The van der Waals surface area contributed by atoms with E-state index < -0.39 is 17.0 Å². The van der Waals surface area contributed by atoms with E-state index in [-0.39, 0.29) is 6.54 Å². The molecule has 0 spiro atoms. The van der Waals surface area contributed by atoms with Crippen molar-refractivity contribution in [3.05, 3.63) is 35.4 Å². The minimum atomic E-state index is -1.01. The summed E-state index contributed by atoms with van der Waals surface area (Å²) in [5, 5.41) is 9.15. The maximum Gasteiger partial charge on any atom is 0.318 e. The normalized spacial score (nSPS) is 14.3. The summed E-state index contributed by atoms with van der Waals surface area (Å²) in [4.78, 5) is 12.4. The zero-order valence-electron chi connectivity index (χ0n) is 11.9. The molecule has 2 N–H and O–H groups in total. The van der Waals surface area contributed by atoms with Crippen LogP contribution < -0.4 is 5.73 Å². The molecule has 0 aliphatic heterocycles. The van der Waals surface area contributed by atoms with Crippen molar-refractivity contribution in [3.8, 4) is 6.07 Å². The van der Waals surface area contributed by atoms with Gasteiger partial charge in [0.2, 0.25) is 0 Å². The molecule has 0 bridgehead atoms. The minimum absolute atomic E-state index is 0.0839. The van der Waals surface area contributed by atoms with Crippen LogP contribution in [0.15, 0.2) is 24.3 Å². The third-order valence-electron chi connectivity index (χ3n) is 2.90. The summed E-state index contributed by atoms with van der Waals surface area (Å²) < 4.78 is 5.42. The van der Waals surface area contributed by atoms with Gasteiger partial charge in [-0.05, 0) is 39.3 Å². The van der Waals surface area contributed by atoms with Crippen LogP contribution in [0.1, 0.15) is 38.8 Å². The lowest BCUT2D eigenvalue weighted by atomic mass is 9.80. The molecule has 0 saturated carbocycles. The molecule has 1 aromatic carbocycles. The molecule has 0 fully saturated rings. The van der Waals surface area contributed by atoms with E-state index in [0.29, 0.717) is 11.1 Å². The Morgan fingerprint density at radius 3 is 2.37 bits per heavy atom. The first-order valence-electron chi connectivity index (χ1n) is 6.18. The van der Waals surface area contributed by atoms with Gasteiger partial charge in [-0.1, -0.05) is 18.2 Å². The standard InChI is InChI=1S/C15H20N2O2/c1-14(2,3)19-13(18)15(4,10-17)12-8-6-5-7-11(12)9-16/h5-8H,10,17H2,1-4H3. The number of carbonyl (C=O) groups is 1. The van der Waals surface area contributed by atoms with Crippen molar-refractivity contribution >= 4 is 5.97 Å². The van der Waals surface area contributed by atoms with E-state index in [0.717, 1.165) is 0 Å². The largest absolute Gasteiger partial charge is 0.459 e. The maximum atomic E-state index is 12.4. The molecular formula is C15H20N2O2. The Morgan fingerprint density at radius 2 is 1.89 bits per heavy atom. The number of nitrogens with zero attached hydrogens (tertiary/aromatic N) is 1. The van der Waals surface area contributed by atoms with Gasteiger partial charge in [-0.25, -0.2) is 0 Å². The molecule has 102 valence electrons. The number of esters is 1. The highest BCUT2D eigenvalue weighted by atomic mass is 16.6. The summed E-state index contributed by atoms with van der Waals surface area (Å²) in [6.45, 7) is 7.20. The van der Waals surface area contributed by atoms with Crippen molar-refractivity contribution < 1.29 is 9.53 Å². The summed E-state index contributed by atoms with van der Waals surface area (Å²) in [7, 11) is 0. The fourth-order valence-electron chi connectivity index (χ4n) is 1.76. The number of nitriles is 1. The lowest BCUT2D eigenvalue weighted by Gasteiger charge is -2.31. The van der Waals surface area contributed by atoms with Gasteiger partial charge in [0.05, 0.1) is 11.6 Å². The molecule has 0 aliphatic rings. The van der Waals surface area contributed by atoms with Crippen molar-refractivity contribution in [2.75, 3.05) is 6.54 Å². The Labute approximate surface area is 114 Å². The number of ether oxygens (including phenoxy) is 1. The number of benzene rings is 1. The second kappa shape index (κ2) is 5.41. The molecule has 1 aromatic rings. The van der Waals surface area contributed by atoms with Crippen molar-refractivity contribution in [2.24, 2.45) is 5.73 Å². The molecule has 4 nitrogen and oxygen atoms in total. The average molecular weight is 260 g/mol. The van der Waals surface area contributed by atoms with Crippen LogP contribution in [0.25, 0.3) is 0 Å². The fourth-order valence-corrected chi connectivity index (χ4v) is 1.76. The first kappa shape index (κ1) is 15.2. The van der Waals surface area contributed by atoms with Crippen molar-refractivity contribution in [2.45, 2.75) is 38.7 Å². The number of hydrogen-bond acceptors (Lipinski definition) is 4. The first-order chi connectivity index (χ1) is 8.74. The third-order valence-corrected chi connectivity index (χ3v) is 2.90. The highest BCUT2D eigenvalue weighted by Gasteiger charge is 2.39. The molecule has 0 aliphatic carbocycles. The van der Waals surface area contributed by atoms with E-state index in [1.165, 1.54) is 0 Å². The van der Waals surface area contributed by atoms with E-state index in [1.807, 2.05) is 0 Å². The number of carbonyl (C=O) groups excluding carboxylic acids is 1. The third kappa shape index (κ3) is 3.33. The van der Waals surface area contributed by atoms with Crippen LogP contribution in [0, 0.1) is 11.3 Å². The Balaban J connectivity index is 3.24. The molecule has 0 saturated heterocycles. The Bertz CT molecular complexity index is 512. The van der Waals surface area contributed by atoms with Gasteiger partial charge in [-0.3, -0.25) is 4.79 Å². The SMILES string of the molecule is CC(C)(C)OC(=O)C(C)(CN)c1ccccc1C#N. The minimum Gasteiger partial charge on any atom is -0.459 e. The predicted molar refractivity (Wildman–Crippen MR) is 73.4 cm³/mol. The zero-order valence-corrected chi connectivity index (χ0v) is 11.9. The molecule has 19 heavy (non-hydrogen) atoms. The lowest BCUT2D eigenvalue weighted by molar-refractivity contribution is -0.161. The molecule has 0 heterocycles. The van der Waals surface area contributed by atoms with Gasteiger partial charge in [-0.2, -0.15) is 5.26 Å². The maximum absolute atomic E-state index is 12.4. The van der Waals surface area contributed by atoms with Crippen LogP contribution in [-0.2, 0) is 14.9 Å². The summed E-state index contributed by atoms with van der Waals surface area (Å²) in [5.41, 5.74) is 5.22. The highest BCUT2D eigenvalue weighted by Crippen LogP contribution is 2.29. The summed E-state index contributed by atoms with van der Waals surface area (Å²) >= 11 is 0. The van der Waals surface area contributed by atoms with Gasteiger partial charge >= 0.3 is 5.97 Å². The summed E-state index contributed by atoms with van der Waals surface area (Å²) in [5.74, 6) is -0.412. The first-order valence-corrected chi connectivity index (χ1v) is 6.18. The van der Waals surface area contributed by atoms with Gasteiger partial charge in [0.25, 0.3) is 0 Å². The van der Waals surface area contributed by atoms with Gasteiger partial charge in [0, 0.05) is 6.54 Å². The van der Waals surface area contributed by atoms with Crippen molar-refractivity contribution in [3.63, 3.8) is 0 Å². The Morgan fingerprint density at radius 1 is 1.32 bits per heavy atom. The topological polar surface area (TPSA) is 76.1 Å². The monoisotopic (exact) mass is 260 g/mol. The smallest absolute Gasteiger partial charge is 0.318 e. The molecule has 1 unspecified atom stereocenters. The van der Waals surface area contributed by atoms with Crippen LogP contribution in [0.4, 0.5) is 0 Å². The quantitative estimate of drug-likeness (QED) is 0.844. The molecule has 0 aromatic heterocycles. The molecule has 4 heteroatoms. The van der Waals surface area contributed by atoms with Crippen LogP contribution >= 0.6 is 0 Å². The molecule has 0 amide bonds. The fraction of sp³-hybridized carbons (Fsp3) is 0.467. The molecular weight excluding hydrogens is 240 g/mol. The van der Waals surface area contributed by atoms with Crippen molar-refractivity contribution in [1.82, 2.24) is 0 Å². The van der Waals surface area contributed by atoms with Crippen LogP contribution in [0.2, 0.25) is 0 Å². The second-order valence-corrected chi connectivity index (χ2v) is 5.70. The molecule has 0 radical (unpaired) electrons. The van der Waals surface area contributed by atoms with E-state index in [1.54, 1.807) is 52.0 Å². The average Bonchev–Trinajstić information content (AvgIpc) is 2.35. The van der Waals surface area contributed by atoms with Gasteiger partial charge in [0.1, 0.15) is 11.0 Å². The number of nitrogens with two attached hydrogens (primary N) is 1. The summed E-state index contributed by atoms with van der Waals surface area (Å²) in [6, 6.07) is 9.05. The summed E-state index contributed by atoms with van der Waals surface area (Å²) in [6.07, 6.45) is 0. The molecule has 1 atom stereocenters. The number of rotatable bonds is 3. The predicted octanol–water partition coefficient (Wildman–Crippen LogP) is 2.12. The number of hydrogen-bond donors (Lipinski definition) is 1. The van der Waals surface area contributed by atoms with Gasteiger partial charge in [-0.15, -0.1) is 0 Å². The van der Waals surface area contributed by atoms with E-state index in [4.69, 9.17) is 15.7 Å². The van der Waals surface area contributed by atoms with Crippen LogP contribution in [0.3, 0.4) is 0 Å². The van der Waals surface area contributed by atoms with E-state index >= 15 is 0 Å². The Hall–Kier alpha value is -1.86. The zero-order chi connectivity index (χ0) is 14.7.